The van der Waals surface area contributed by atoms with Crippen molar-refractivity contribution in [2.24, 2.45) is 11.5 Å². The smallest absolute Gasteiger partial charge is 0.387 e. The molecule has 0 bridgehead atoms. The molecule has 19 heteroatoms. The molecule has 17 nitrogen and oxygen atoms in total. The third-order valence-corrected chi connectivity index (χ3v) is 9.06. The predicted octanol–water partition coefficient (Wildman–Crippen LogP) is 0.810. The van der Waals surface area contributed by atoms with E-state index in [9.17, 15) is 24.2 Å². The summed E-state index contributed by atoms with van der Waals surface area (Å²) in [4.78, 5) is 38.1. The zero-order chi connectivity index (χ0) is 30.2. The molecule has 2 aliphatic carbocycles. The molecule has 3 heterocycles. The number of phosphoric ester groups is 1. The number of anilines is 1. The zero-order valence-corrected chi connectivity index (χ0v) is 24.4. The second-order valence-corrected chi connectivity index (χ2v) is 13.1. The summed E-state index contributed by atoms with van der Waals surface area (Å²) in [6.45, 7) is -0.813. The zero-order valence-electron chi connectivity index (χ0n) is 22.6. The number of nitrogens with two attached hydrogens (primary N) is 3. The average Bonchev–Trinajstić information content (AvgIpc) is 3.45. The van der Waals surface area contributed by atoms with Crippen molar-refractivity contribution < 1.29 is 47.6 Å². The van der Waals surface area contributed by atoms with E-state index in [1.807, 2.05) is 0 Å². The fourth-order valence-corrected chi connectivity index (χ4v) is 6.35. The molecule has 41 heavy (non-hydrogen) atoms. The Hall–Kier alpha value is -1.59. The molecule has 0 amide bonds. The van der Waals surface area contributed by atoms with Crippen LogP contribution in [-0.2, 0) is 22.7 Å². The standard InChI is InChI=1S/C10H15N5O10P2.2C6H13N/c11-8-5-9(13-2-12-8)15(3-14-5)10-7(17)6(16)4(24-10)1-23-27(21,22)25-26(18,19)20;2*7-6-4-2-1-3-5-6/h2-4,6-7,10,16-17H,1H2,(H,21,22)(H2,11,12,13)(H2,18,19,20);2*6H,1-5,7H2/t4-,6+,7?,10-;;/m1../s1. The first kappa shape index (κ1) is 33.9. The number of aliphatic hydroxyl groups is 2. The van der Waals surface area contributed by atoms with Gasteiger partial charge in [0, 0.05) is 12.1 Å². The van der Waals surface area contributed by atoms with Gasteiger partial charge in [-0.15, -0.1) is 0 Å². The lowest BCUT2D eigenvalue weighted by Gasteiger charge is -2.17. The monoisotopic (exact) mass is 625 g/mol. The van der Waals surface area contributed by atoms with Crippen molar-refractivity contribution >= 4 is 32.6 Å². The number of ether oxygens (including phenoxy) is 1. The van der Waals surface area contributed by atoms with E-state index in [1.54, 1.807) is 0 Å². The van der Waals surface area contributed by atoms with Crippen molar-refractivity contribution in [1.29, 1.82) is 0 Å². The van der Waals surface area contributed by atoms with Crippen LogP contribution in [-0.4, -0.2) is 81.4 Å². The maximum Gasteiger partial charge on any atom is 0.481 e. The number of rotatable bonds is 6. The number of nitrogen functional groups attached to an aromatic ring is 1. The van der Waals surface area contributed by atoms with Gasteiger partial charge in [0.2, 0.25) is 0 Å². The Balaban J connectivity index is 0.000000267. The molecular weight excluding hydrogens is 584 g/mol. The molecule has 3 aliphatic rings. The number of hydrogen-bond acceptors (Lipinski definition) is 13. The molecule has 2 aromatic heterocycles. The van der Waals surface area contributed by atoms with Crippen LogP contribution < -0.4 is 17.2 Å². The maximum atomic E-state index is 11.5. The second kappa shape index (κ2) is 15.2. The normalized spacial score (nSPS) is 27.4. The predicted molar refractivity (Wildman–Crippen MR) is 147 cm³/mol. The highest BCUT2D eigenvalue weighted by Crippen LogP contribution is 2.57. The summed E-state index contributed by atoms with van der Waals surface area (Å²) in [6.07, 6.45) is 10.1. The van der Waals surface area contributed by atoms with Crippen LogP contribution in [0.5, 0.6) is 0 Å². The fraction of sp³-hybridized carbons (Fsp3) is 0.773. The first-order valence-corrected chi connectivity index (χ1v) is 16.5. The van der Waals surface area contributed by atoms with Crippen molar-refractivity contribution in [2.45, 2.75) is 101 Å². The van der Waals surface area contributed by atoms with Crippen LogP contribution in [0.25, 0.3) is 11.2 Å². The summed E-state index contributed by atoms with van der Waals surface area (Å²) in [6, 6.07) is 1.07. The Morgan fingerprint density at radius 1 is 0.902 bits per heavy atom. The molecule has 5 atom stereocenters. The van der Waals surface area contributed by atoms with Crippen LogP contribution in [0.4, 0.5) is 5.82 Å². The molecule has 2 unspecified atom stereocenters. The van der Waals surface area contributed by atoms with Crippen LogP contribution in [0.2, 0.25) is 0 Å². The number of phosphoric acid groups is 2. The van der Waals surface area contributed by atoms with Gasteiger partial charge >= 0.3 is 15.6 Å². The Morgan fingerprint density at radius 2 is 1.46 bits per heavy atom. The Labute approximate surface area is 237 Å². The van der Waals surface area contributed by atoms with E-state index in [0.717, 1.165) is 6.33 Å². The summed E-state index contributed by atoms with van der Waals surface area (Å²) in [5, 5.41) is 20.3. The van der Waals surface area contributed by atoms with Gasteiger partial charge in [-0.05, 0) is 25.7 Å². The molecule has 5 rings (SSSR count). The highest BCUT2D eigenvalue weighted by molar-refractivity contribution is 7.60. The number of hydrogen-bond donors (Lipinski definition) is 8. The SMILES string of the molecule is NC1CCCCC1.NC1CCCCC1.Nc1ncnc2c1ncn2[C@@H]1O[C@H](COP(=O)(O)OP(=O)(O)O)[C@H](O)C1O. The lowest BCUT2D eigenvalue weighted by Crippen LogP contribution is -2.33. The van der Waals surface area contributed by atoms with Gasteiger partial charge in [-0.25, -0.2) is 24.1 Å². The topological polar surface area (TPSA) is 285 Å². The van der Waals surface area contributed by atoms with E-state index >= 15 is 0 Å². The van der Waals surface area contributed by atoms with E-state index in [2.05, 4.69) is 23.8 Å². The number of nitrogens with zero attached hydrogens (tertiary/aromatic N) is 4. The number of aliphatic hydroxyl groups excluding tert-OH is 2. The van der Waals surface area contributed by atoms with Crippen LogP contribution in [0.1, 0.15) is 70.4 Å². The molecule has 11 N–H and O–H groups in total. The highest BCUT2D eigenvalue weighted by atomic mass is 31.3. The van der Waals surface area contributed by atoms with Gasteiger partial charge < -0.3 is 46.8 Å². The molecule has 0 radical (unpaired) electrons. The van der Waals surface area contributed by atoms with E-state index in [0.29, 0.717) is 12.1 Å². The molecular formula is C22H41N7O10P2. The minimum absolute atomic E-state index is 0.0856. The summed E-state index contributed by atoms with van der Waals surface area (Å²) in [7, 11) is -10.4. The van der Waals surface area contributed by atoms with E-state index in [-0.39, 0.29) is 17.0 Å². The van der Waals surface area contributed by atoms with Gasteiger partial charge in [-0.3, -0.25) is 9.09 Å². The minimum Gasteiger partial charge on any atom is -0.387 e. The maximum absolute atomic E-state index is 11.5. The molecule has 0 aromatic carbocycles. The molecule has 2 aromatic rings. The van der Waals surface area contributed by atoms with Gasteiger partial charge in [-0.2, -0.15) is 4.31 Å². The summed E-state index contributed by atoms with van der Waals surface area (Å²) in [5.41, 5.74) is 17.4. The quantitative estimate of drug-likeness (QED) is 0.206. The third-order valence-electron chi connectivity index (χ3n) is 6.91. The van der Waals surface area contributed by atoms with Crippen molar-refractivity contribution in [3.8, 4) is 0 Å². The summed E-state index contributed by atoms with van der Waals surface area (Å²) in [5.74, 6) is 0.0856. The highest BCUT2D eigenvalue weighted by Gasteiger charge is 2.46. The van der Waals surface area contributed by atoms with Crippen molar-refractivity contribution in [2.75, 3.05) is 12.3 Å². The molecule has 3 fully saturated rings. The summed E-state index contributed by atoms with van der Waals surface area (Å²) < 4.78 is 36.8. The van der Waals surface area contributed by atoms with Crippen LogP contribution in [0.15, 0.2) is 12.7 Å². The van der Waals surface area contributed by atoms with Gasteiger partial charge in [0.05, 0.1) is 12.9 Å². The van der Waals surface area contributed by atoms with Crippen LogP contribution >= 0.6 is 15.6 Å². The van der Waals surface area contributed by atoms with E-state index in [4.69, 9.17) is 31.7 Å². The van der Waals surface area contributed by atoms with Crippen LogP contribution in [0.3, 0.4) is 0 Å². The lowest BCUT2D eigenvalue weighted by atomic mass is 9.97. The van der Waals surface area contributed by atoms with E-state index < -0.39 is 46.8 Å². The largest absolute Gasteiger partial charge is 0.481 e. The minimum atomic E-state index is -5.29. The molecule has 1 saturated heterocycles. The number of imidazole rings is 1. The second-order valence-electron chi connectivity index (χ2n) is 10.3. The van der Waals surface area contributed by atoms with Gasteiger partial charge in [-0.1, -0.05) is 38.5 Å². The summed E-state index contributed by atoms with van der Waals surface area (Å²) >= 11 is 0. The Kier molecular flexibility index (Phi) is 12.6. The molecule has 2 saturated carbocycles. The first-order valence-electron chi connectivity index (χ1n) is 13.5. The lowest BCUT2D eigenvalue weighted by molar-refractivity contribution is -0.0503. The van der Waals surface area contributed by atoms with Crippen LogP contribution in [0, 0.1) is 0 Å². The Morgan fingerprint density at radius 3 is 1.95 bits per heavy atom. The van der Waals surface area contributed by atoms with E-state index in [1.165, 1.54) is 75.1 Å². The fourth-order valence-electron chi connectivity index (χ4n) is 4.75. The van der Waals surface area contributed by atoms with Crippen molar-refractivity contribution in [1.82, 2.24) is 19.5 Å². The molecule has 234 valence electrons. The van der Waals surface area contributed by atoms with Gasteiger partial charge in [0.15, 0.2) is 17.7 Å². The van der Waals surface area contributed by atoms with Gasteiger partial charge in [0.1, 0.15) is 30.2 Å². The first-order chi connectivity index (χ1) is 19.3. The van der Waals surface area contributed by atoms with Crippen molar-refractivity contribution in [3.05, 3.63) is 12.7 Å². The number of fused-ring (bicyclic) bond motifs is 1. The van der Waals surface area contributed by atoms with Crippen molar-refractivity contribution in [3.63, 3.8) is 0 Å². The molecule has 1 aliphatic heterocycles. The average molecular weight is 626 g/mol. The Bertz CT molecular complexity index is 1170. The van der Waals surface area contributed by atoms with Gasteiger partial charge in [0.25, 0.3) is 0 Å². The molecule has 0 spiro atoms. The number of aromatic nitrogens is 4. The third kappa shape index (κ3) is 10.6.